The van der Waals surface area contributed by atoms with Crippen LogP contribution in [0.2, 0.25) is 0 Å². The highest BCUT2D eigenvalue weighted by Gasteiger charge is 2.08. The Morgan fingerprint density at radius 3 is 2.31 bits per heavy atom. The molecule has 1 heterocycles. The lowest BCUT2D eigenvalue weighted by atomic mass is 10.2. The molecule has 78 valence electrons. The van der Waals surface area contributed by atoms with E-state index in [0.717, 1.165) is 0 Å². The Labute approximate surface area is 88.3 Å². The van der Waals surface area contributed by atoms with Crippen LogP contribution in [0, 0.1) is 0 Å². The molecule has 1 aliphatic rings. The maximum atomic E-state index is 4.40. The molecule has 1 fully saturated rings. The molecule has 0 N–H and O–H groups in total. The van der Waals surface area contributed by atoms with Gasteiger partial charge in [-0.15, -0.1) is 0 Å². The third-order valence-electron chi connectivity index (χ3n) is 2.79. The van der Waals surface area contributed by atoms with Crippen molar-refractivity contribution in [3.05, 3.63) is 0 Å². The van der Waals surface area contributed by atoms with Crippen LogP contribution in [0.25, 0.3) is 0 Å². The first-order valence-corrected chi connectivity index (χ1v) is 6.21. The van der Waals surface area contributed by atoms with E-state index in [0.29, 0.717) is 5.25 Å². The molecular weight excluding hydrogens is 178 g/mol. The summed E-state index contributed by atoms with van der Waals surface area (Å²) < 4.78 is 0. The van der Waals surface area contributed by atoms with Crippen molar-refractivity contribution in [3.63, 3.8) is 0 Å². The van der Waals surface area contributed by atoms with Gasteiger partial charge in [-0.1, -0.05) is 19.8 Å². The zero-order chi connectivity index (χ0) is 9.52. The van der Waals surface area contributed by atoms with Crippen molar-refractivity contribution in [2.24, 2.45) is 0 Å². The predicted molar refractivity (Wildman–Crippen MR) is 62.6 cm³/mol. The zero-order valence-electron chi connectivity index (χ0n) is 8.84. The van der Waals surface area contributed by atoms with E-state index in [2.05, 4.69) is 24.5 Å². The van der Waals surface area contributed by atoms with Gasteiger partial charge in [0.1, 0.15) is 0 Å². The van der Waals surface area contributed by atoms with E-state index in [1.165, 1.54) is 58.2 Å². The molecule has 1 unspecified atom stereocenters. The summed E-state index contributed by atoms with van der Waals surface area (Å²) in [5, 5.41) is 0.576. The van der Waals surface area contributed by atoms with E-state index in [-0.39, 0.29) is 0 Å². The minimum atomic E-state index is 0.576. The maximum Gasteiger partial charge on any atom is -0.00111 e. The topological polar surface area (TPSA) is 3.24 Å². The third kappa shape index (κ3) is 5.58. The maximum absolute atomic E-state index is 4.40. The van der Waals surface area contributed by atoms with Crippen molar-refractivity contribution < 1.29 is 0 Å². The van der Waals surface area contributed by atoms with Gasteiger partial charge < -0.3 is 4.90 Å². The minimum absolute atomic E-state index is 0.576. The van der Waals surface area contributed by atoms with Crippen molar-refractivity contribution in [2.45, 2.75) is 50.7 Å². The van der Waals surface area contributed by atoms with Gasteiger partial charge in [0.2, 0.25) is 0 Å². The van der Waals surface area contributed by atoms with Crippen LogP contribution in [0.15, 0.2) is 0 Å². The second-order valence-corrected chi connectivity index (χ2v) is 5.13. The number of hydrogen-bond donors (Lipinski definition) is 1. The Morgan fingerprint density at radius 1 is 1.15 bits per heavy atom. The lowest BCUT2D eigenvalue weighted by Gasteiger charge is -2.19. The lowest BCUT2D eigenvalue weighted by molar-refractivity contribution is 0.279. The molecule has 1 saturated heterocycles. The Morgan fingerprint density at radius 2 is 1.77 bits per heavy atom. The van der Waals surface area contributed by atoms with Gasteiger partial charge in [-0.25, -0.2) is 0 Å². The minimum Gasteiger partial charge on any atom is -0.303 e. The molecule has 0 amide bonds. The summed E-state index contributed by atoms with van der Waals surface area (Å²) in [5.74, 6) is 0. The fourth-order valence-electron chi connectivity index (χ4n) is 1.97. The van der Waals surface area contributed by atoms with Gasteiger partial charge in [-0.2, -0.15) is 12.6 Å². The van der Waals surface area contributed by atoms with Crippen molar-refractivity contribution in [1.29, 1.82) is 0 Å². The Balaban J connectivity index is 2.05. The molecule has 1 atom stereocenters. The lowest BCUT2D eigenvalue weighted by Crippen LogP contribution is -2.26. The summed E-state index contributed by atoms with van der Waals surface area (Å²) in [4.78, 5) is 2.63. The molecule has 1 rings (SSSR count). The van der Waals surface area contributed by atoms with E-state index in [1.54, 1.807) is 0 Å². The summed E-state index contributed by atoms with van der Waals surface area (Å²) in [7, 11) is 0. The second-order valence-electron chi connectivity index (χ2n) is 4.25. The summed E-state index contributed by atoms with van der Waals surface area (Å²) in [5.41, 5.74) is 0. The quantitative estimate of drug-likeness (QED) is 0.684. The standard InChI is InChI=1S/C11H23NS/c1-11(13)7-6-10-12-8-4-2-3-5-9-12/h11,13H,2-10H2,1H3. The van der Waals surface area contributed by atoms with E-state index in [9.17, 15) is 0 Å². The van der Waals surface area contributed by atoms with E-state index in [1.807, 2.05) is 0 Å². The van der Waals surface area contributed by atoms with Gasteiger partial charge in [0.05, 0.1) is 0 Å². The number of thiol groups is 1. The largest absolute Gasteiger partial charge is 0.303 e. The molecule has 0 aliphatic carbocycles. The van der Waals surface area contributed by atoms with Crippen molar-refractivity contribution in [1.82, 2.24) is 4.90 Å². The van der Waals surface area contributed by atoms with Crippen molar-refractivity contribution >= 4 is 12.6 Å². The summed E-state index contributed by atoms with van der Waals surface area (Å²) in [6, 6.07) is 0. The molecule has 0 aromatic carbocycles. The first kappa shape index (κ1) is 11.4. The third-order valence-corrected chi connectivity index (χ3v) is 3.05. The van der Waals surface area contributed by atoms with Gasteiger partial charge in [0.25, 0.3) is 0 Å². The highest BCUT2D eigenvalue weighted by Crippen LogP contribution is 2.11. The molecule has 0 aromatic heterocycles. The molecular formula is C11H23NS. The first-order chi connectivity index (χ1) is 6.29. The smallest absolute Gasteiger partial charge is 0.00111 e. The molecule has 1 nitrogen and oxygen atoms in total. The van der Waals surface area contributed by atoms with Crippen molar-refractivity contribution in [2.75, 3.05) is 19.6 Å². The molecule has 0 saturated carbocycles. The van der Waals surface area contributed by atoms with Gasteiger partial charge >= 0.3 is 0 Å². The van der Waals surface area contributed by atoms with Crippen LogP contribution in [0.3, 0.4) is 0 Å². The van der Waals surface area contributed by atoms with E-state index >= 15 is 0 Å². The average Bonchev–Trinajstić information content (AvgIpc) is 2.32. The van der Waals surface area contributed by atoms with E-state index in [4.69, 9.17) is 0 Å². The highest BCUT2D eigenvalue weighted by molar-refractivity contribution is 7.80. The molecule has 0 aromatic rings. The SMILES string of the molecule is CC(S)CCCN1CCCCCC1. The van der Waals surface area contributed by atoms with Crippen molar-refractivity contribution in [3.8, 4) is 0 Å². The zero-order valence-corrected chi connectivity index (χ0v) is 9.73. The van der Waals surface area contributed by atoms with Crippen LogP contribution in [0.1, 0.15) is 45.4 Å². The molecule has 0 spiro atoms. The second kappa shape index (κ2) is 6.72. The Hall–Kier alpha value is 0.310. The monoisotopic (exact) mass is 201 g/mol. The van der Waals surface area contributed by atoms with Crippen LogP contribution >= 0.6 is 12.6 Å². The normalized spacial score (nSPS) is 22.6. The van der Waals surface area contributed by atoms with Gasteiger partial charge in [0.15, 0.2) is 0 Å². The van der Waals surface area contributed by atoms with Crippen LogP contribution in [0.5, 0.6) is 0 Å². The fraction of sp³-hybridized carbons (Fsp3) is 1.00. The van der Waals surface area contributed by atoms with Crippen LogP contribution in [0.4, 0.5) is 0 Å². The molecule has 1 aliphatic heterocycles. The van der Waals surface area contributed by atoms with Gasteiger partial charge in [0, 0.05) is 0 Å². The Kier molecular flexibility index (Phi) is 5.88. The van der Waals surface area contributed by atoms with Crippen LogP contribution in [-0.4, -0.2) is 29.8 Å². The van der Waals surface area contributed by atoms with Gasteiger partial charge in [-0.05, 0) is 50.6 Å². The number of hydrogen-bond acceptors (Lipinski definition) is 2. The summed E-state index contributed by atoms with van der Waals surface area (Å²) in [6.07, 6.45) is 8.30. The first-order valence-electron chi connectivity index (χ1n) is 5.69. The predicted octanol–water partition coefficient (Wildman–Crippen LogP) is 2.96. The number of likely N-dealkylation sites (tertiary alicyclic amines) is 1. The summed E-state index contributed by atoms with van der Waals surface area (Å²) >= 11 is 4.40. The number of rotatable bonds is 4. The Bertz CT molecular complexity index is 117. The molecule has 0 bridgehead atoms. The highest BCUT2D eigenvalue weighted by atomic mass is 32.1. The molecule has 13 heavy (non-hydrogen) atoms. The average molecular weight is 201 g/mol. The van der Waals surface area contributed by atoms with Gasteiger partial charge in [-0.3, -0.25) is 0 Å². The molecule has 0 radical (unpaired) electrons. The summed E-state index contributed by atoms with van der Waals surface area (Å²) in [6.45, 7) is 6.15. The van der Waals surface area contributed by atoms with Crippen LogP contribution in [-0.2, 0) is 0 Å². The van der Waals surface area contributed by atoms with E-state index < -0.39 is 0 Å². The number of nitrogens with zero attached hydrogens (tertiary/aromatic N) is 1. The molecule has 2 heteroatoms. The van der Waals surface area contributed by atoms with Crippen LogP contribution < -0.4 is 0 Å². The fourth-order valence-corrected chi connectivity index (χ4v) is 2.15.